The van der Waals surface area contributed by atoms with Crippen LogP contribution in [0.25, 0.3) is 0 Å². The van der Waals surface area contributed by atoms with Crippen LogP contribution in [0.3, 0.4) is 0 Å². The summed E-state index contributed by atoms with van der Waals surface area (Å²) in [4.78, 5) is 4.57. The maximum atomic E-state index is 5.40. The molecule has 0 radical (unpaired) electrons. The molecule has 4 nitrogen and oxygen atoms in total. The van der Waals surface area contributed by atoms with Gasteiger partial charge in [0, 0.05) is 18.1 Å². The van der Waals surface area contributed by atoms with Crippen LogP contribution in [0.1, 0.15) is 36.9 Å². The van der Waals surface area contributed by atoms with Gasteiger partial charge in [0.15, 0.2) is 5.82 Å². The van der Waals surface area contributed by atoms with Gasteiger partial charge in [-0.25, -0.2) is 0 Å². The molecular formula is C12H19N3OS. The number of rotatable bonds is 3. The molecule has 1 aromatic heterocycles. The Hall–Kier alpha value is -0.550. The summed E-state index contributed by atoms with van der Waals surface area (Å²) < 4.78 is 5.40. The lowest BCUT2D eigenvalue weighted by atomic mass is 9.96. The molecule has 0 amide bonds. The second kappa shape index (κ2) is 5.40. The van der Waals surface area contributed by atoms with Crippen molar-refractivity contribution >= 4 is 11.8 Å². The van der Waals surface area contributed by atoms with E-state index < -0.39 is 0 Å². The van der Waals surface area contributed by atoms with E-state index in [0.29, 0.717) is 11.8 Å². The SMILES string of the molecule is C1CNCC(Cc2noc(C3CCSC3)n2)C1. The molecule has 2 unspecified atom stereocenters. The zero-order chi connectivity index (χ0) is 11.5. The zero-order valence-electron chi connectivity index (χ0n) is 10.0. The van der Waals surface area contributed by atoms with Gasteiger partial charge in [0.1, 0.15) is 0 Å². The highest BCUT2D eigenvalue weighted by Crippen LogP contribution is 2.31. The minimum Gasteiger partial charge on any atom is -0.339 e. The summed E-state index contributed by atoms with van der Waals surface area (Å²) in [5.74, 6) is 5.35. The van der Waals surface area contributed by atoms with Gasteiger partial charge in [0.05, 0.1) is 0 Å². The quantitative estimate of drug-likeness (QED) is 0.890. The van der Waals surface area contributed by atoms with Gasteiger partial charge in [-0.05, 0) is 44.0 Å². The zero-order valence-corrected chi connectivity index (χ0v) is 10.8. The van der Waals surface area contributed by atoms with Crippen molar-refractivity contribution in [2.24, 2.45) is 5.92 Å². The number of hydrogen-bond acceptors (Lipinski definition) is 5. The van der Waals surface area contributed by atoms with Gasteiger partial charge in [0.2, 0.25) is 5.89 Å². The summed E-state index contributed by atoms with van der Waals surface area (Å²) in [6.07, 6.45) is 4.72. The number of aromatic nitrogens is 2. The van der Waals surface area contributed by atoms with Crippen LogP contribution in [0, 0.1) is 5.92 Å². The first kappa shape index (κ1) is 11.5. The molecule has 0 saturated carbocycles. The first-order valence-electron chi connectivity index (χ1n) is 6.53. The van der Waals surface area contributed by atoms with Crippen LogP contribution in [0.2, 0.25) is 0 Å². The van der Waals surface area contributed by atoms with E-state index in [1.807, 2.05) is 11.8 Å². The van der Waals surface area contributed by atoms with E-state index in [4.69, 9.17) is 4.52 Å². The highest BCUT2D eigenvalue weighted by molar-refractivity contribution is 7.99. The molecule has 17 heavy (non-hydrogen) atoms. The Morgan fingerprint density at radius 3 is 3.18 bits per heavy atom. The molecule has 2 aliphatic heterocycles. The summed E-state index contributed by atoms with van der Waals surface area (Å²) >= 11 is 1.98. The number of thioether (sulfide) groups is 1. The Bertz CT molecular complexity index is 356. The van der Waals surface area contributed by atoms with E-state index >= 15 is 0 Å². The fourth-order valence-electron chi connectivity index (χ4n) is 2.60. The molecule has 0 aromatic carbocycles. The Balaban J connectivity index is 1.59. The molecule has 3 heterocycles. The Kier molecular flexibility index (Phi) is 3.66. The lowest BCUT2D eigenvalue weighted by molar-refractivity contribution is 0.342. The van der Waals surface area contributed by atoms with Crippen LogP contribution in [-0.4, -0.2) is 34.7 Å². The molecule has 0 spiro atoms. The van der Waals surface area contributed by atoms with E-state index in [0.717, 1.165) is 37.0 Å². The number of piperidine rings is 1. The molecular weight excluding hydrogens is 234 g/mol. The molecule has 2 aliphatic rings. The lowest BCUT2D eigenvalue weighted by Crippen LogP contribution is -2.31. The maximum Gasteiger partial charge on any atom is 0.230 e. The van der Waals surface area contributed by atoms with Gasteiger partial charge in [-0.2, -0.15) is 16.7 Å². The van der Waals surface area contributed by atoms with Crippen LogP contribution in [0.15, 0.2) is 4.52 Å². The summed E-state index contributed by atoms with van der Waals surface area (Å²) in [6, 6.07) is 0. The standard InChI is InChI=1S/C12H19N3OS/c1-2-9(7-13-4-1)6-11-14-12(16-15-11)10-3-5-17-8-10/h9-10,13H,1-8H2. The van der Waals surface area contributed by atoms with Crippen molar-refractivity contribution in [3.8, 4) is 0 Å². The van der Waals surface area contributed by atoms with Crippen LogP contribution in [-0.2, 0) is 6.42 Å². The Morgan fingerprint density at radius 1 is 1.41 bits per heavy atom. The van der Waals surface area contributed by atoms with Crippen molar-refractivity contribution < 1.29 is 4.52 Å². The fourth-order valence-corrected chi connectivity index (χ4v) is 3.81. The Morgan fingerprint density at radius 2 is 2.41 bits per heavy atom. The molecule has 1 aromatic rings. The maximum absolute atomic E-state index is 5.40. The van der Waals surface area contributed by atoms with Crippen molar-refractivity contribution in [2.75, 3.05) is 24.6 Å². The topological polar surface area (TPSA) is 51.0 Å². The van der Waals surface area contributed by atoms with E-state index in [9.17, 15) is 0 Å². The second-order valence-corrected chi connectivity index (χ2v) is 6.18. The van der Waals surface area contributed by atoms with E-state index in [1.165, 1.54) is 25.0 Å². The van der Waals surface area contributed by atoms with Crippen molar-refractivity contribution in [2.45, 2.75) is 31.6 Å². The average Bonchev–Trinajstić information content (AvgIpc) is 3.00. The van der Waals surface area contributed by atoms with Crippen LogP contribution in [0.5, 0.6) is 0 Å². The van der Waals surface area contributed by atoms with Gasteiger partial charge < -0.3 is 9.84 Å². The van der Waals surface area contributed by atoms with Gasteiger partial charge in [-0.3, -0.25) is 0 Å². The van der Waals surface area contributed by atoms with Crippen molar-refractivity contribution in [3.63, 3.8) is 0 Å². The van der Waals surface area contributed by atoms with Gasteiger partial charge >= 0.3 is 0 Å². The van der Waals surface area contributed by atoms with Gasteiger partial charge in [-0.15, -0.1) is 0 Å². The smallest absolute Gasteiger partial charge is 0.230 e. The molecule has 2 saturated heterocycles. The minimum absolute atomic E-state index is 0.505. The van der Waals surface area contributed by atoms with Crippen LogP contribution in [0.4, 0.5) is 0 Å². The van der Waals surface area contributed by atoms with Crippen molar-refractivity contribution in [1.29, 1.82) is 0 Å². The lowest BCUT2D eigenvalue weighted by Gasteiger charge is -2.20. The van der Waals surface area contributed by atoms with E-state index in [2.05, 4.69) is 15.5 Å². The summed E-state index contributed by atoms with van der Waals surface area (Å²) in [5.41, 5.74) is 0. The monoisotopic (exact) mass is 253 g/mol. The summed E-state index contributed by atoms with van der Waals surface area (Å²) in [6.45, 7) is 2.26. The predicted molar refractivity (Wildman–Crippen MR) is 68.3 cm³/mol. The molecule has 94 valence electrons. The Labute approximate surface area is 106 Å². The normalized spacial score (nSPS) is 29.6. The molecule has 2 atom stereocenters. The third kappa shape index (κ3) is 2.83. The van der Waals surface area contributed by atoms with E-state index in [-0.39, 0.29) is 0 Å². The largest absolute Gasteiger partial charge is 0.339 e. The molecule has 5 heteroatoms. The highest BCUT2D eigenvalue weighted by Gasteiger charge is 2.24. The minimum atomic E-state index is 0.505. The summed E-state index contributed by atoms with van der Waals surface area (Å²) in [5, 5.41) is 7.56. The fraction of sp³-hybridized carbons (Fsp3) is 0.833. The van der Waals surface area contributed by atoms with Crippen molar-refractivity contribution in [3.05, 3.63) is 11.7 Å². The molecule has 2 fully saturated rings. The first-order chi connectivity index (χ1) is 8.42. The molecule has 0 aliphatic carbocycles. The molecule has 0 bridgehead atoms. The average molecular weight is 253 g/mol. The predicted octanol–water partition coefficient (Wildman–Crippen LogP) is 1.83. The van der Waals surface area contributed by atoms with E-state index in [1.54, 1.807) is 0 Å². The summed E-state index contributed by atoms with van der Waals surface area (Å²) in [7, 11) is 0. The van der Waals surface area contributed by atoms with Crippen LogP contribution < -0.4 is 5.32 Å². The number of nitrogens with zero attached hydrogens (tertiary/aromatic N) is 2. The molecule has 3 rings (SSSR count). The van der Waals surface area contributed by atoms with Gasteiger partial charge in [0.25, 0.3) is 0 Å². The molecule has 1 N–H and O–H groups in total. The van der Waals surface area contributed by atoms with Crippen LogP contribution >= 0.6 is 11.8 Å². The highest BCUT2D eigenvalue weighted by atomic mass is 32.2. The third-order valence-electron chi connectivity index (χ3n) is 3.63. The first-order valence-corrected chi connectivity index (χ1v) is 7.68. The number of hydrogen-bond donors (Lipinski definition) is 1. The van der Waals surface area contributed by atoms with Crippen molar-refractivity contribution in [1.82, 2.24) is 15.5 Å². The third-order valence-corrected chi connectivity index (χ3v) is 4.80. The number of nitrogens with one attached hydrogen (secondary N) is 1. The second-order valence-electron chi connectivity index (χ2n) is 5.03. The van der Waals surface area contributed by atoms with Gasteiger partial charge in [-0.1, -0.05) is 5.16 Å².